The summed E-state index contributed by atoms with van der Waals surface area (Å²) < 4.78 is 1.78. The molecule has 0 aromatic heterocycles. The van der Waals surface area contributed by atoms with Gasteiger partial charge in [-0.25, -0.2) is 0 Å². The van der Waals surface area contributed by atoms with Gasteiger partial charge in [0.25, 0.3) is 0 Å². The molecule has 0 radical (unpaired) electrons. The van der Waals surface area contributed by atoms with Gasteiger partial charge in [0, 0.05) is 8.88 Å². The van der Waals surface area contributed by atoms with Gasteiger partial charge in [-0.2, -0.15) is 0 Å². The second kappa shape index (κ2) is 5.70. The summed E-state index contributed by atoms with van der Waals surface area (Å²) in [6.07, 6.45) is 0. The van der Waals surface area contributed by atoms with Gasteiger partial charge in [0.1, 0.15) is 0 Å². The van der Waals surface area contributed by atoms with Crippen LogP contribution in [-0.4, -0.2) is 22.9 Å². The summed E-state index contributed by atoms with van der Waals surface area (Å²) in [6, 6.07) is 0. The molecular weight excluding hydrogens is 191 g/mol. The Hall–Kier alpha value is 1.09. The molecule has 10 heavy (non-hydrogen) atoms. The van der Waals surface area contributed by atoms with Gasteiger partial charge in [0.15, 0.2) is 0 Å². The Morgan fingerprint density at radius 3 is 2.70 bits per heavy atom. The van der Waals surface area contributed by atoms with E-state index in [2.05, 4.69) is 9.72 Å². The zero-order valence-electron chi connectivity index (χ0n) is 5.22. The zero-order chi connectivity index (χ0) is 7.23. The molecule has 0 spiro atoms. The van der Waals surface area contributed by atoms with E-state index in [1.165, 1.54) is 0 Å². The Morgan fingerprint density at radius 1 is 1.40 bits per heavy atom. The second-order valence-corrected chi connectivity index (χ2v) is 5.41. The van der Waals surface area contributed by atoms with Crippen molar-refractivity contribution in [3.8, 4) is 0 Å². The quantitative estimate of drug-likeness (QED) is 0.558. The fourth-order valence-corrected chi connectivity index (χ4v) is 4.03. The number of aliphatic hydroxyl groups excluding tert-OH is 1. The van der Waals surface area contributed by atoms with Crippen LogP contribution < -0.4 is 9.72 Å². The van der Waals surface area contributed by atoms with Crippen LogP contribution in [0.4, 0.5) is 0 Å². The summed E-state index contributed by atoms with van der Waals surface area (Å²) in [4.78, 5) is 11.3. The van der Waals surface area contributed by atoms with Gasteiger partial charge < -0.3 is 5.11 Å². The third kappa shape index (κ3) is 3.47. The first-order valence-electron chi connectivity index (χ1n) is 2.73. The van der Waals surface area contributed by atoms with Crippen LogP contribution in [0.15, 0.2) is 0 Å². The maximum Gasteiger partial charge on any atom is 0.0924 e. The molecule has 2 atom stereocenters. The van der Waals surface area contributed by atoms with Crippen molar-refractivity contribution >= 4 is 26.6 Å². The van der Waals surface area contributed by atoms with E-state index in [0.29, 0.717) is 33.3 Å². The van der Waals surface area contributed by atoms with Crippen LogP contribution in [-0.2, 0) is 4.84 Å². The largest absolute Gasteiger partial charge is 0.394 e. The fraction of sp³-hybridized carbons (Fsp3) is 1.00. The maximum atomic E-state index is 8.41. The number of rotatable bonds is 3. The van der Waals surface area contributed by atoms with Crippen LogP contribution in [0.25, 0.3) is 0 Å². The highest BCUT2D eigenvalue weighted by Gasteiger charge is 2.08. The Kier molecular flexibility index (Phi) is 5.24. The van der Waals surface area contributed by atoms with Crippen molar-refractivity contribution in [1.29, 1.82) is 0 Å². The molecule has 60 valence electrons. The van der Waals surface area contributed by atoms with Crippen LogP contribution in [0.5, 0.6) is 0 Å². The van der Waals surface area contributed by atoms with E-state index in [-0.39, 0.29) is 6.61 Å². The molecule has 3 N–H and O–H groups in total. The zero-order valence-corrected chi connectivity index (χ0v) is 8.22. The van der Waals surface area contributed by atoms with E-state index in [9.17, 15) is 0 Å². The van der Waals surface area contributed by atoms with Gasteiger partial charge in [-0.1, -0.05) is 0 Å². The molecule has 1 fully saturated rings. The van der Waals surface area contributed by atoms with Crippen LogP contribution in [0.3, 0.4) is 0 Å². The summed E-state index contributed by atoms with van der Waals surface area (Å²) in [7, 11) is 1.66. The summed E-state index contributed by atoms with van der Waals surface area (Å²) in [5.41, 5.74) is 0. The summed E-state index contributed by atoms with van der Waals surface area (Å²) in [5.74, 6) is 0. The van der Waals surface area contributed by atoms with Crippen LogP contribution in [0.2, 0.25) is 0 Å². The van der Waals surface area contributed by atoms with Crippen LogP contribution in [0.1, 0.15) is 0 Å². The number of hydrogen-bond acceptors (Lipinski definition) is 5. The second-order valence-electron chi connectivity index (χ2n) is 1.45. The van der Waals surface area contributed by atoms with Gasteiger partial charge in [-0.05, 0) is 0 Å². The van der Waals surface area contributed by atoms with Gasteiger partial charge >= 0.3 is 0 Å². The lowest BCUT2D eigenvalue weighted by atomic mass is 10.8. The predicted molar refractivity (Wildman–Crippen MR) is 46.1 cm³/mol. The van der Waals surface area contributed by atoms with E-state index < -0.39 is 0 Å². The highest BCUT2D eigenvalue weighted by atomic mass is 31.2. The van der Waals surface area contributed by atoms with E-state index in [4.69, 9.17) is 9.94 Å². The molecule has 0 aliphatic carbocycles. The molecule has 0 saturated carbocycles. The molecule has 8 heteroatoms. The SMILES string of the molecule is OCCON1PNPNP1. The lowest BCUT2D eigenvalue weighted by Gasteiger charge is -2.25. The molecule has 2 unspecified atom stereocenters. The molecule has 1 saturated heterocycles. The lowest BCUT2D eigenvalue weighted by Crippen LogP contribution is -2.18. The summed E-state index contributed by atoms with van der Waals surface area (Å²) >= 11 is 0. The lowest BCUT2D eigenvalue weighted by molar-refractivity contribution is -0.0236. The molecule has 5 nitrogen and oxygen atoms in total. The predicted octanol–water partition coefficient (Wildman–Crippen LogP) is -0.0694. The van der Waals surface area contributed by atoms with Crippen molar-refractivity contribution in [2.45, 2.75) is 0 Å². The Bertz CT molecular complexity index is 89.8. The van der Waals surface area contributed by atoms with Gasteiger partial charge in [-0.15, -0.1) is 4.60 Å². The summed E-state index contributed by atoms with van der Waals surface area (Å²) in [5, 5.41) is 8.41. The third-order valence-corrected chi connectivity index (χ3v) is 3.98. The Morgan fingerprint density at radius 2 is 2.10 bits per heavy atom. The smallest absolute Gasteiger partial charge is 0.0924 e. The molecule has 0 bridgehead atoms. The first kappa shape index (κ1) is 9.18. The minimum atomic E-state index is 0.0771. The van der Waals surface area contributed by atoms with E-state index in [1.807, 2.05) is 0 Å². The monoisotopic (exact) mass is 201 g/mol. The normalized spacial score (nSPS) is 28.5. The summed E-state index contributed by atoms with van der Waals surface area (Å²) in [6.45, 7) is 0.459. The van der Waals surface area contributed by atoms with E-state index in [0.717, 1.165) is 0 Å². The Labute approximate surface area is 64.9 Å². The van der Waals surface area contributed by atoms with Crippen molar-refractivity contribution in [1.82, 2.24) is 14.3 Å². The number of aliphatic hydroxyl groups is 1. The molecule has 1 heterocycles. The number of nitrogens with zero attached hydrogens (tertiary/aromatic N) is 1. The highest BCUT2D eigenvalue weighted by molar-refractivity contribution is 7.65. The van der Waals surface area contributed by atoms with Crippen molar-refractivity contribution in [2.24, 2.45) is 0 Å². The van der Waals surface area contributed by atoms with Crippen molar-refractivity contribution in [2.75, 3.05) is 13.2 Å². The Balaban J connectivity index is 2.02. The molecule has 1 aliphatic heterocycles. The third-order valence-electron chi connectivity index (χ3n) is 0.752. The number of nitrogens with one attached hydrogen (secondary N) is 2. The van der Waals surface area contributed by atoms with Gasteiger partial charge in [0.2, 0.25) is 0 Å². The minimum absolute atomic E-state index is 0.0771. The molecule has 0 amide bonds. The number of hydrogen-bond donors (Lipinski definition) is 3. The van der Waals surface area contributed by atoms with Crippen molar-refractivity contribution < 1.29 is 9.94 Å². The average Bonchev–Trinajstić information content (AvgIpc) is 2.03. The topological polar surface area (TPSA) is 56.8 Å². The molecule has 0 aromatic carbocycles. The van der Waals surface area contributed by atoms with E-state index >= 15 is 0 Å². The average molecular weight is 201 g/mol. The standard InChI is InChI=1S/C2H10N3O2P3/c6-1-2-7-5-9-3-8-4-10-5/h3-4,6,8-10H,1-2H2. The van der Waals surface area contributed by atoms with Crippen LogP contribution in [0, 0.1) is 0 Å². The highest BCUT2D eigenvalue weighted by Crippen LogP contribution is 2.36. The van der Waals surface area contributed by atoms with Crippen LogP contribution >= 0.6 is 26.6 Å². The molecule has 0 aromatic rings. The van der Waals surface area contributed by atoms with Gasteiger partial charge in [0.05, 0.1) is 31.0 Å². The van der Waals surface area contributed by atoms with Gasteiger partial charge in [-0.3, -0.25) is 14.6 Å². The molecular formula is C2H10N3O2P3. The molecule has 1 aliphatic rings. The first-order valence-corrected chi connectivity index (χ1v) is 5.63. The first-order chi connectivity index (χ1) is 4.93. The minimum Gasteiger partial charge on any atom is -0.394 e. The fourth-order valence-electron chi connectivity index (χ4n) is 0.413. The van der Waals surface area contributed by atoms with Crippen molar-refractivity contribution in [3.05, 3.63) is 0 Å². The van der Waals surface area contributed by atoms with Crippen molar-refractivity contribution in [3.63, 3.8) is 0 Å². The maximum absolute atomic E-state index is 8.41. The van der Waals surface area contributed by atoms with E-state index in [1.54, 1.807) is 4.60 Å². The molecule has 1 rings (SSSR count).